The number of benzene rings is 4. The van der Waals surface area contributed by atoms with Crippen LogP contribution in [-0.2, 0) is 21.6 Å². The highest BCUT2D eigenvalue weighted by Gasteiger charge is 2.40. The van der Waals surface area contributed by atoms with Crippen molar-refractivity contribution in [2.24, 2.45) is 0 Å². The quantitative estimate of drug-likeness (QED) is 0.0729. The van der Waals surface area contributed by atoms with E-state index in [0.717, 1.165) is 5.56 Å². The topological polar surface area (TPSA) is 210 Å². The van der Waals surface area contributed by atoms with Crippen molar-refractivity contribution in [2.45, 2.75) is 55.9 Å². The lowest BCUT2D eigenvalue weighted by atomic mass is 9.86. The van der Waals surface area contributed by atoms with Gasteiger partial charge in [0.05, 0.1) is 11.6 Å². The van der Waals surface area contributed by atoms with Crippen LogP contribution in [0.3, 0.4) is 0 Å². The SMILES string of the molecule is O=C(COc1cccc([C@](O)(C(=O)O)c2ccccc2)c1)N[C@H]1CC[C@H](NC(=O)c2ccc(CCNC[C@H](O)c3ccc(O)c4[nH]c(=O)ccc34)cc2)CC1. The normalized spacial score (nSPS) is 17.1. The number of phenols is 1. The summed E-state index contributed by atoms with van der Waals surface area (Å²) in [6, 6.07) is 27.4. The van der Waals surface area contributed by atoms with Crippen molar-refractivity contribution in [1.29, 1.82) is 0 Å². The Morgan fingerprint density at radius 1 is 0.836 bits per heavy atom. The Morgan fingerprint density at radius 2 is 1.53 bits per heavy atom. The van der Waals surface area contributed by atoms with Gasteiger partial charge in [0, 0.05) is 41.2 Å². The van der Waals surface area contributed by atoms with Gasteiger partial charge in [0.1, 0.15) is 11.5 Å². The van der Waals surface area contributed by atoms with Crippen molar-refractivity contribution in [2.75, 3.05) is 19.7 Å². The molecule has 0 aliphatic heterocycles. The zero-order valence-electron chi connectivity index (χ0n) is 30.0. The third-order valence-electron chi connectivity index (χ3n) is 9.96. The molecule has 1 saturated carbocycles. The van der Waals surface area contributed by atoms with Crippen LogP contribution in [0.5, 0.6) is 11.5 Å². The lowest BCUT2D eigenvalue weighted by Gasteiger charge is -2.29. The van der Waals surface area contributed by atoms with Gasteiger partial charge in [-0.3, -0.25) is 14.4 Å². The van der Waals surface area contributed by atoms with Gasteiger partial charge in [-0.2, -0.15) is 0 Å². The first kappa shape index (κ1) is 38.7. The average Bonchev–Trinajstić information content (AvgIpc) is 3.20. The van der Waals surface area contributed by atoms with Crippen LogP contribution in [0.2, 0.25) is 0 Å². The smallest absolute Gasteiger partial charge is 0.345 e. The van der Waals surface area contributed by atoms with E-state index in [4.69, 9.17) is 4.74 Å². The molecule has 2 amide bonds. The molecule has 0 radical (unpaired) electrons. The summed E-state index contributed by atoms with van der Waals surface area (Å²) in [7, 11) is 0. The van der Waals surface area contributed by atoms with Crippen molar-refractivity contribution in [3.05, 3.63) is 141 Å². The molecule has 1 aliphatic rings. The number of carbonyl (C=O) groups is 3. The second-order valence-corrected chi connectivity index (χ2v) is 13.7. The molecule has 286 valence electrons. The number of aromatic nitrogens is 1. The van der Waals surface area contributed by atoms with Crippen molar-refractivity contribution < 1.29 is 39.5 Å². The number of hydrogen-bond donors (Lipinski definition) is 8. The highest BCUT2D eigenvalue weighted by molar-refractivity contribution is 5.94. The van der Waals surface area contributed by atoms with E-state index in [-0.39, 0.29) is 70.8 Å². The minimum atomic E-state index is -2.29. The Kier molecular flexibility index (Phi) is 12.3. The molecule has 2 atom stereocenters. The second-order valence-electron chi connectivity index (χ2n) is 13.7. The molecule has 1 aliphatic carbocycles. The molecule has 8 N–H and O–H groups in total. The highest BCUT2D eigenvalue weighted by Crippen LogP contribution is 2.32. The van der Waals surface area contributed by atoms with Crippen molar-refractivity contribution in [3.63, 3.8) is 0 Å². The number of aliphatic hydroxyl groups is 2. The summed E-state index contributed by atoms with van der Waals surface area (Å²) in [5.74, 6) is -1.74. The van der Waals surface area contributed by atoms with Crippen LogP contribution in [0.25, 0.3) is 10.9 Å². The number of aliphatic hydroxyl groups excluding tert-OH is 1. The number of carbonyl (C=O) groups excluding carboxylic acids is 2. The lowest BCUT2D eigenvalue weighted by Crippen LogP contribution is -2.44. The number of fused-ring (bicyclic) bond motifs is 1. The second kappa shape index (κ2) is 17.4. The molecule has 13 nitrogen and oxygen atoms in total. The first-order chi connectivity index (χ1) is 26.5. The van der Waals surface area contributed by atoms with Crippen molar-refractivity contribution >= 4 is 28.7 Å². The number of carboxylic acids is 1. The largest absolute Gasteiger partial charge is 0.506 e. The Balaban J connectivity index is 0.900. The van der Waals surface area contributed by atoms with Crippen LogP contribution in [0.15, 0.2) is 108 Å². The Hall–Kier alpha value is -6.02. The van der Waals surface area contributed by atoms with Gasteiger partial charge in [-0.05, 0) is 91.7 Å². The van der Waals surface area contributed by atoms with Gasteiger partial charge in [0.15, 0.2) is 6.61 Å². The van der Waals surface area contributed by atoms with E-state index in [2.05, 4.69) is 20.9 Å². The number of carboxylic acid groups (broad SMARTS) is 1. The number of nitrogens with one attached hydrogen (secondary N) is 4. The summed E-state index contributed by atoms with van der Waals surface area (Å²) < 4.78 is 5.66. The number of aliphatic carboxylic acids is 1. The summed E-state index contributed by atoms with van der Waals surface area (Å²) in [5, 5.41) is 51.7. The van der Waals surface area contributed by atoms with Gasteiger partial charge in [-0.1, -0.05) is 60.7 Å². The fraction of sp³-hybridized carbons (Fsp3) is 0.286. The van der Waals surface area contributed by atoms with E-state index in [0.29, 0.717) is 55.2 Å². The number of amides is 2. The van der Waals surface area contributed by atoms with Crippen molar-refractivity contribution in [1.82, 2.24) is 20.9 Å². The van der Waals surface area contributed by atoms with Gasteiger partial charge in [-0.15, -0.1) is 0 Å². The molecule has 55 heavy (non-hydrogen) atoms. The third-order valence-corrected chi connectivity index (χ3v) is 9.96. The van der Waals surface area contributed by atoms with Crippen LogP contribution in [0.1, 0.15) is 64.4 Å². The number of hydrogen-bond acceptors (Lipinski definition) is 9. The van der Waals surface area contributed by atoms with E-state index < -0.39 is 17.7 Å². The van der Waals surface area contributed by atoms with Crippen LogP contribution in [0.4, 0.5) is 0 Å². The summed E-state index contributed by atoms with van der Waals surface area (Å²) in [4.78, 5) is 52.1. The molecule has 6 rings (SSSR count). The first-order valence-electron chi connectivity index (χ1n) is 18.2. The molecule has 0 unspecified atom stereocenters. The molecule has 1 aromatic heterocycles. The number of pyridine rings is 1. The summed E-state index contributed by atoms with van der Waals surface area (Å²) in [6.45, 7) is 0.567. The maximum absolute atomic E-state index is 13.0. The Bertz CT molecular complexity index is 2180. The van der Waals surface area contributed by atoms with Crippen molar-refractivity contribution in [3.8, 4) is 11.5 Å². The number of rotatable bonds is 15. The fourth-order valence-corrected chi connectivity index (χ4v) is 6.93. The molecule has 0 saturated heterocycles. The molecular formula is C42H44N4O9. The van der Waals surface area contributed by atoms with E-state index in [9.17, 15) is 39.6 Å². The number of H-pyrrole nitrogens is 1. The Morgan fingerprint density at radius 3 is 2.24 bits per heavy atom. The standard InChI is InChI=1S/C42H44N4O9/c47-35-19-17-33(34-18-20-37(49)46-39(34)35)36(48)24-43-22-21-26-9-11-27(12-10-26)40(51)45-31-15-13-30(14-16-31)44-38(50)25-55-32-8-4-7-29(23-32)42(54,41(52)53)28-5-2-1-3-6-28/h1-12,17-20,23,30-31,36,43,47-48,54H,13-16,21-22,24-25H2,(H,44,50)(H,45,51)(H,46,49)(H,52,53)/t30-,31-,36-,42-/m0/s1. The molecule has 4 aromatic carbocycles. The van der Waals surface area contributed by atoms with E-state index in [1.54, 1.807) is 54.6 Å². The molecule has 0 spiro atoms. The number of aromatic amines is 1. The average molecular weight is 749 g/mol. The predicted molar refractivity (Wildman–Crippen MR) is 205 cm³/mol. The maximum atomic E-state index is 13.0. The summed E-state index contributed by atoms with van der Waals surface area (Å²) in [6.07, 6.45) is 2.57. The van der Waals surface area contributed by atoms with Crippen LogP contribution < -0.4 is 26.2 Å². The predicted octanol–water partition coefficient (Wildman–Crippen LogP) is 3.66. The molecule has 5 aromatic rings. The van der Waals surface area contributed by atoms with Gasteiger partial charge >= 0.3 is 5.97 Å². The van der Waals surface area contributed by atoms with Gasteiger partial charge in [0.2, 0.25) is 11.2 Å². The van der Waals surface area contributed by atoms with Crippen LogP contribution in [-0.4, -0.2) is 75.0 Å². The Labute approximate surface area is 317 Å². The molecule has 0 bridgehead atoms. The minimum Gasteiger partial charge on any atom is -0.506 e. The molecule has 13 heteroatoms. The monoisotopic (exact) mass is 748 g/mol. The van der Waals surface area contributed by atoms with E-state index in [1.165, 1.54) is 36.4 Å². The summed E-state index contributed by atoms with van der Waals surface area (Å²) in [5.41, 5.74) is 0.120. The lowest BCUT2D eigenvalue weighted by molar-refractivity contribution is -0.155. The fourth-order valence-electron chi connectivity index (χ4n) is 6.93. The van der Waals surface area contributed by atoms with Gasteiger partial charge in [0.25, 0.3) is 11.8 Å². The maximum Gasteiger partial charge on any atom is 0.345 e. The van der Waals surface area contributed by atoms with Crippen LogP contribution >= 0.6 is 0 Å². The summed E-state index contributed by atoms with van der Waals surface area (Å²) >= 11 is 0. The number of ether oxygens (including phenoxy) is 1. The molecule has 1 fully saturated rings. The third kappa shape index (κ3) is 9.38. The molecule has 1 heterocycles. The highest BCUT2D eigenvalue weighted by atomic mass is 16.5. The minimum absolute atomic E-state index is 0.0292. The number of phenolic OH excluding ortho intramolecular Hbond substituents is 1. The van der Waals surface area contributed by atoms with Crippen LogP contribution in [0, 0.1) is 0 Å². The zero-order chi connectivity index (χ0) is 39.0. The number of aromatic hydroxyl groups is 1. The molecular weight excluding hydrogens is 704 g/mol. The van der Waals surface area contributed by atoms with E-state index >= 15 is 0 Å². The van der Waals surface area contributed by atoms with Gasteiger partial charge in [-0.25, -0.2) is 4.79 Å². The first-order valence-corrected chi connectivity index (χ1v) is 18.2. The van der Waals surface area contributed by atoms with E-state index in [1.807, 2.05) is 12.1 Å². The van der Waals surface area contributed by atoms with Gasteiger partial charge < -0.3 is 46.1 Å². The zero-order valence-corrected chi connectivity index (χ0v) is 30.0.